The van der Waals surface area contributed by atoms with Crippen molar-refractivity contribution in [2.24, 2.45) is 0 Å². The van der Waals surface area contributed by atoms with Gasteiger partial charge < -0.3 is 10.6 Å². The van der Waals surface area contributed by atoms with Crippen molar-refractivity contribution in [2.75, 3.05) is 5.32 Å². The number of carbonyl (C=O) groups is 1. The average Bonchev–Trinajstić information content (AvgIpc) is 2.67. The van der Waals surface area contributed by atoms with Crippen molar-refractivity contribution in [1.82, 2.24) is 15.3 Å². The van der Waals surface area contributed by atoms with Crippen molar-refractivity contribution >= 4 is 17.5 Å². The molecule has 1 heterocycles. The summed E-state index contributed by atoms with van der Waals surface area (Å²) < 4.78 is 12.9. The van der Waals surface area contributed by atoms with Gasteiger partial charge in [-0.3, -0.25) is 4.79 Å². The molecular formula is C20H16FN5O. The Morgan fingerprint density at radius 3 is 2.63 bits per heavy atom. The molecule has 0 aliphatic carbocycles. The van der Waals surface area contributed by atoms with E-state index in [9.17, 15) is 14.4 Å². The van der Waals surface area contributed by atoms with Crippen molar-refractivity contribution < 1.29 is 9.18 Å². The lowest BCUT2D eigenvalue weighted by Crippen LogP contribution is -2.24. The van der Waals surface area contributed by atoms with Crippen molar-refractivity contribution in [3.05, 3.63) is 82.9 Å². The Morgan fingerprint density at radius 2 is 1.89 bits per heavy atom. The highest BCUT2D eigenvalue weighted by Crippen LogP contribution is 2.18. The minimum absolute atomic E-state index is 0.196. The summed E-state index contributed by atoms with van der Waals surface area (Å²) >= 11 is 0. The maximum absolute atomic E-state index is 12.9. The quantitative estimate of drug-likeness (QED) is 0.726. The van der Waals surface area contributed by atoms with Crippen molar-refractivity contribution in [1.29, 1.82) is 5.26 Å². The SMILES string of the molecule is Cc1cc(C(=O)NCc2ccc(F)cc2)nc(Nc2ccccc2C#N)n1. The Labute approximate surface area is 155 Å². The van der Waals surface area contributed by atoms with Gasteiger partial charge in [0, 0.05) is 12.2 Å². The Kier molecular flexibility index (Phi) is 5.38. The maximum Gasteiger partial charge on any atom is 0.270 e. The Bertz CT molecular complexity index is 1010. The predicted molar refractivity (Wildman–Crippen MR) is 98.8 cm³/mol. The van der Waals surface area contributed by atoms with Gasteiger partial charge in [-0.25, -0.2) is 14.4 Å². The smallest absolute Gasteiger partial charge is 0.270 e. The number of hydrogen-bond acceptors (Lipinski definition) is 5. The molecule has 0 unspecified atom stereocenters. The molecular weight excluding hydrogens is 345 g/mol. The third-order valence-electron chi connectivity index (χ3n) is 3.75. The summed E-state index contributed by atoms with van der Waals surface area (Å²) in [5, 5.41) is 14.9. The number of carbonyl (C=O) groups excluding carboxylic acids is 1. The Hall–Kier alpha value is -3.79. The second-order valence-electron chi connectivity index (χ2n) is 5.81. The van der Waals surface area contributed by atoms with Gasteiger partial charge in [-0.2, -0.15) is 5.26 Å². The number of aromatic nitrogens is 2. The van der Waals surface area contributed by atoms with E-state index in [1.807, 2.05) is 0 Å². The molecule has 3 aromatic rings. The third-order valence-corrected chi connectivity index (χ3v) is 3.75. The molecule has 0 aliphatic heterocycles. The van der Waals surface area contributed by atoms with Gasteiger partial charge in [0.05, 0.1) is 11.3 Å². The minimum atomic E-state index is -0.374. The fourth-order valence-corrected chi connectivity index (χ4v) is 2.43. The van der Waals surface area contributed by atoms with Gasteiger partial charge in [-0.05, 0) is 42.8 Å². The number of hydrogen-bond donors (Lipinski definition) is 2. The zero-order chi connectivity index (χ0) is 19.2. The van der Waals surface area contributed by atoms with Crippen LogP contribution in [-0.2, 0) is 6.54 Å². The number of anilines is 2. The molecule has 7 heteroatoms. The number of aryl methyl sites for hydroxylation is 1. The zero-order valence-corrected chi connectivity index (χ0v) is 14.5. The number of rotatable bonds is 5. The fraction of sp³-hybridized carbons (Fsp3) is 0.100. The molecule has 0 saturated heterocycles. The highest BCUT2D eigenvalue weighted by Gasteiger charge is 2.12. The van der Waals surface area contributed by atoms with Crippen LogP contribution in [0.4, 0.5) is 16.0 Å². The molecule has 0 fully saturated rings. The lowest BCUT2D eigenvalue weighted by molar-refractivity contribution is 0.0945. The van der Waals surface area contributed by atoms with Crippen LogP contribution >= 0.6 is 0 Å². The Balaban J connectivity index is 1.75. The first-order valence-corrected chi connectivity index (χ1v) is 8.19. The number of benzene rings is 2. The standard InChI is InChI=1S/C20H16FN5O/c1-13-10-18(19(27)23-12-14-6-8-16(21)9-7-14)26-20(24-13)25-17-5-3-2-4-15(17)11-22/h2-10H,12H2,1H3,(H,23,27)(H,24,25,26). The van der Waals surface area contributed by atoms with Gasteiger partial charge in [0.2, 0.25) is 5.95 Å². The molecule has 134 valence electrons. The first kappa shape index (κ1) is 18.0. The van der Waals surface area contributed by atoms with Crippen LogP contribution in [0.5, 0.6) is 0 Å². The molecule has 3 rings (SSSR count). The van der Waals surface area contributed by atoms with E-state index in [0.29, 0.717) is 16.9 Å². The normalized spacial score (nSPS) is 10.1. The van der Waals surface area contributed by atoms with Gasteiger partial charge in [0.15, 0.2) is 0 Å². The number of halogens is 1. The number of nitrogens with zero attached hydrogens (tertiary/aromatic N) is 3. The van der Waals surface area contributed by atoms with Crippen LogP contribution in [0.2, 0.25) is 0 Å². The molecule has 2 N–H and O–H groups in total. The summed E-state index contributed by atoms with van der Waals surface area (Å²) in [5.41, 5.74) is 2.58. The van der Waals surface area contributed by atoms with Crippen LogP contribution in [0.15, 0.2) is 54.6 Å². The second-order valence-corrected chi connectivity index (χ2v) is 5.81. The van der Waals surface area contributed by atoms with Crippen LogP contribution in [-0.4, -0.2) is 15.9 Å². The summed E-state index contributed by atoms with van der Waals surface area (Å²) in [6.45, 7) is 2.00. The van der Waals surface area contributed by atoms with Crippen molar-refractivity contribution in [3.8, 4) is 6.07 Å². The highest BCUT2D eigenvalue weighted by atomic mass is 19.1. The van der Waals surface area contributed by atoms with Crippen LogP contribution in [0, 0.1) is 24.1 Å². The summed E-state index contributed by atoms with van der Waals surface area (Å²) in [6, 6.07) is 16.5. The van der Waals surface area contributed by atoms with Crippen LogP contribution < -0.4 is 10.6 Å². The van der Waals surface area contributed by atoms with E-state index in [-0.39, 0.29) is 29.9 Å². The summed E-state index contributed by atoms with van der Waals surface area (Å²) in [6.07, 6.45) is 0. The number of nitriles is 1. The van der Waals surface area contributed by atoms with E-state index < -0.39 is 0 Å². The molecule has 0 aliphatic rings. The molecule has 27 heavy (non-hydrogen) atoms. The fourth-order valence-electron chi connectivity index (χ4n) is 2.43. The molecule has 2 aromatic carbocycles. The van der Waals surface area contributed by atoms with E-state index in [1.165, 1.54) is 12.1 Å². The topological polar surface area (TPSA) is 90.7 Å². The van der Waals surface area contributed by atoms with Gasteiger partial charge in [0.25, 0.3) is 5.91 Å². The first-order chi connectivity index (χ1) is 13.0. The zero-order valence-electron chi connectivity index (χ0n) is 14.5. The second kappa shape index (κ2) is 8.06. The molecule has 6 nitrogen and oxygen atoms in total. The predicted octanol–water partition coefficient (Wildman–Crippen LogP) is 3.47. The van der Waals surface area contributed by atoms with Gasteiger partial charge in [0.1, 0.15) is 17.6 Å². The maximum atomic E-state index is 12.9. The van der Waals surface area contributed by atoms with Crippen LogP contribution in [0.3, 0.4) is 0 Å². The van der Waals surface area contributed by atoms with Crippen LogP contribution in [0.25, 0.3) is 0 Å². The Morgan fingerprint density at radius 1 is 1.15 bits per heavy atom. The van der Waals surface area contributed by atoms with Gasteiger partial charge in [-0.15, -0.1) is 0 Å². The third kappa shape index (κ3) is 4.64. The van der Waals surface area contributed by atoms with Gasteiger partial charge >= 0.3 is 0 Å². The molecule has 0 saturated carbocycles. The first-order valence-electron chi connectivity index (χ1n) is 8.19. The van der Waals surface area contributed by atoms with Gasteiger partial charge in [-0.1, -0.05) is 24.3 Å². The summed E-state index contributed by atoms with van der Waals surface area (Å²) in [5.74, 6) is -0.476. The lowest BCUT2D eigenvalue weighted by Gasteiger charge is -2.10. The highest BCUT2D eigenvalue weighted by molar-refractivity contribution is 5.92. The summed E-state index contributed by atoms with van der Waals surface area (Å²) in [7, 11) is 0. The van der Waals surface area contributed by atoms with E-state index >= 15 is 0 Å². The van der Waals surface area contributed by atoms with E-state index in [2.05, 4.69) is 26.7 Å². The molecule has 0 bridgehead atoms. The number of nitrogens with one attached hydrogen (secondary N) is 2. The largest absolute Gasteiger partial charge is 0.347 e. The minimum Gasteiger partial charge on any atom is -0.347 e. The molecule has 1 aromatic heterocycles. The van der Waals surface area contributed by atoms with Crippen LogP contribution in [0.1, 0.15) is 27.3 Å². The average molecular weight is 361 g/mol. The van der Waals surface area contributed by atoms with E-state index in [1.54, 1.807) is 49.4 Å². The molecule has 0 radical (unpaired) electrons. The van der Waals surface area contributed by atoms with E-state index in [0.717, 1.165) is 5.56 Å². The monoisotopic (exact) mass is 361 g/mol. The summed E-state index contributed by atoms with van der Waals surface area (Å²) in [4.78, 5) is 20.9. The molecule has 1 amide bonds. The van der Waals surface area contributed by atoms with Crippen molar-refractivity contribution in [3.63, 3.8) is 0 Å². The number of amides is 1. The lowest BCUT2D eigenvalue weighted by atomic mass is 10.2. The van der Waals surface area contributed by atoms with E-state index in [4.69, 9.17) is 0 Å². The molecule has 0 spiro atoms. The van der Waals surface area contributed by atoms with Crippen molar-refractivity contribution in [2.45, 2.75) is 13.5 Å². The number of para-hydroxylation sites is 1. The molecule has 0 atom stereocenters.